The Hall–Kier alpha value is -2.69. The molecule has 1 aliphatic heterocycles. The molecule has 146 valence electrons. The summed E-state index contributed by atoms with van der Waals surface area (Å²) >= 11 is 0. The van der Waals surface area contributed by atoms with Gasteiger partial charge in [-0.1, -0.05) is 25.1 Å². The van der Waals surface area contributed by atoms with Crippen LogP contribution in [-0.4, -0.2) is 38.7 Å². The molecule has 3 heterocycles. The summed E-state index contributed by atoms with van der Waals surface area (Å²) in [4.78, 5) is 20.2. The second-order valence-corrected chi connectivity index (χ2v) is 8.92. The molecule has 1 aromatic carbocycles. The van der Waals surface area contributed by atoms with Crippen LogP contribution in [0.25, 0.3) is 22.2 Å². The summed E-state index contributed by atoms with van der Waals surface area (Å²) in [6.45, 7) is 10.2. The van der Waals surface area contributed by atoms with Gasteiger partial charge < -0.3 is 4.90 Å². The van der Waals surface area contributed by atoms with Crippen molar-refractivity contribution in [3.05, 3.63) is 48.3 Å². The van der Waals surface area contributed by atoms with Crippen LogP contribution in [0.15, 0.2) is 42.7 Å². The number of benzene rings is 1. The van der Waals surface area contributed by atoms with Crippen molar-refractivity contribution in [2.45, 2.75) is 46.1 Å². The summed E-state index contributed by atoms with van der Waals surface area (Å²) in [6, 6.07) is 9.84. The van der Waals surface area contributed by atoms with E-state index < -0.39 is 0 Å². The minimum atomic E-state index is -0.0995. The number of rotatable bonds is 2. The van der Waals surface area contributed by atoms with Crippen molar-refractivity contribution in [1.29, 1.82) is 0 Å². The molecule has 0 saturated carbocycles. The minimum Gasteiger partial charge on any atom is -0.338 e. The van der Waals surface area contributed by atoms with Gasteiger partial charge in [-0.15, -0.1) is 0 Å². The number of likely N-dealkylation sites (tertiary alicyclic amines) is 1. The first-order chi connectivity index (χ1) is 13.3. The first-order valence-corrected chi connectivity index (χ1v) is 10.1. The average Bonchev–Trinajstić information content (AvgIpc) is 3.17. The lowest BCUT2D eigenvalue weighted by Crippen LogP contribution is -2.39. The van der Waals surface area contributed by atoms with Crippen LogP contribution in [0.5, 0.6) is 0 Å². The molecular weight excluding hydrogens is 348 g/mol. The number of fused-ring (bicyclic) bond motifs is 1. The minimum absolute atomic E-state index is 0.0995. The highest BCUT2D eigenvalue weighted by molar-refractivity contribution is 6.07. The van der Waals surface area contributed by atoms with E-state index in [0.717, 1.165) is 47.2 Å². The molecule has 0 aliphatic carbocycles. The first kappa shape index (κ1) is 18.7. The standard InChI is InChI=1S/C23H28N4O/c1-16-8-7-11-26(14-16)22(28)19-12-21(25-20-10-6-5-9-18(19)20)17-13-24-27(15-17)23(2,3)4/h5-6,9-10,12-13,15-16H,7-8,11,14H2,1-4H3/t16-/m1/s1. The molecule has 0 bridgehead atoms. The predicted molar refractivity (Wildman–Crippen MR) is 112 cm³/mol. The molecule has 0 unspecified atom stereocenters. The zero-order valence-electron chi connectivity index (χ0n) is 17.1. The Labute approximate surface area is 166 Å². The summed E-state index contributed by atoms with van der Waals surface area (Å²) < 4.78 is 1.94. The topological polar surface area (TPSA) is 51.0 Å². The van der Waals surface area contributed by atoms with E-state index in [9.17, 15) is 4.79 Å². The lowest BCUT2D eigenvalue weighted by Gasteiger charge is -2.31. The van der Waals surface area contributed by atoms with Crippen LogP contribution in [0.4, 0.5) is 0 Å². The SMILES string of the molecule is C[C@@H]1CCCN(C(=O)c2cc(-c3cnn(C(C)(C)C)c3)nc3ccccc23)C1. The summed E-state index contributed by atoms with van der Waals surface area (Å²) in [5.41, 5.74) is 3.21. The van der Waals surface area contributed by atoms with Gasteiger partial charge in [0.15, 0.2) is 0 Å². The predicted octanol–water partition coefficient (Wildman–Crippen LogP) is 4.73. The summed E-state index contributed by atoms with van der Waals surface area (Å²) in [5, 5.41) is 5.41. The fraction of sp³-hybridized carbons (Fsp3) is 0.435. The normalized spacial score (nSPS) is 17.9. The third-order valence-corrected chi connectivity index (χ3v) is 5.46. The quantitative estimate of drug-likeness (QED) is 0.650. The van der Waals surface area contributed by atoms with Gasteiger partial charge in [0.05, 0.1) is 28.5 Å². The number of amides is 1. The molecular formula is C23H28N4O. The van der Waals surface area contributed by atoms with Crippen molar-refractivity contribution in [3.8, 4) is 11.3 Å². The zero-order valence-corrected chi connectivity index (χ0v) is 17.1. The van der Waals surface area contributed by atoms with Crippen LogP contribution in [0.2, 0.25) is 0 Å². The van der Waals surface area contributed by atoms with E-state index in [0.29, 0.717) is 5.92 Å². The van der Waals surface area contributed by atoms with E-state index in [1.54, 1.807) is 0 Å². The van der Waals surface area contributed by atoms with E-state index in [1.165, 1.54) is 6.42 Å². The van der Waals surface area contributed by atoms with E-state index in [2.05, 4.69) is 32.8 Å². The lowest BCUT2D eigenvalue weighted by atomic mass is 9.98. The van der Waals surface area contributed by atoms with Gasteiger partial charge in [0.25, 0.3) is 5.91 Å². The largest absolute Gasteiger partial charge is 0.338 e. The molecule has 4 rings (SSSR count). The van der Waals surface area contributed by atoms with Gasteiger partial charge in [0.2, 0.25) is 0 Å². The molecule has 1 fully saturated rings. The Morgan fingerprint density at radius 1 is 1.21 bits per heavy atom. The van der Waals surface area contributed by atoms with Gasteiger partial charge in [-0.25, -0.2) is 4.98 Å². The van der Waals surface area contributed by atoms with Crippen molar-refractivity contribution in [1.82, 2.24) is 19.7 Å². The van der Waals surface area contributed by atoms with Crippen LogP contribution in [-0.2, 0) is 5.54 Å². The summed E-state index contributed by atoms with van der Waals surface area (Å²) in [6.07, 6.45) is 6.10. The summed E-state index contributed by atoms with van der Waals surface area (Å²) in [5.74, 6) is 0.657. The Morgan fingerprint density at radius 3 is 2.71 bits per heavy atom. The van der Waals surface area contributed by atoms with E-state index in [4.69, 9.17) is 4.98 Å². The number of piperidine rings is 1. The monoisotopic (exact) mass is 376 g/mol. The van der Waals surface area contributed by atoms with Crippen molar-refractivity contribution >= 4 is 16.8 Å². The number of hydrogen-bond donors (Lipinski definition) is 0. The molecule has 0 N–H and O–H groups in total. The summed E-state index contributed by atoms with van der Waals surface area (Å²) in [7, 11) is 0. The molecule has 1 atom stereocenters. The van der Waals surface area contributed by atoms with Crippen molar-refractivity contribution in [2.75, 3.05) is 13.1 Å². The van der Waals surface area contributed by atoms with Gasteiger partial charge in [-0.05, 0) is 51.7 Å². The van der Waals surface area contributed by atoms with Crippen LogP contribution in [0.1, 0.15) is 50.9 Å². The number of hydrogen-bond acceptors (Lipinski definition) is 3. The van der Waals surface area contributed by atoms with Gasteiger partial charge in [0, 0.05) is 30.2 Å². The molecule has 0 spiro atoms. The van der Waals surface area contributed by atoms with Crippen molar-refractivity contribution in [3.63, 3.8) is 0 Å². The molecule has 28 heavy (non-hydrogen) atoms. The Bertz CT molecular complexity index is 1010. The maximum atomic E-state index is 13.4. The average molecular weight is 377 g/mol. The number of pyridine rings is 1. The van der Waals surface area contributed by atoms with Crippen LogP contribution < -0.4 is 0 Å². The van der Waals surface area contributed by atoms with Crippen LogP contribution in [0.3, 0.4) is 0 Å². The number of aromatic nitrogens is 3. The number of para-hydroxylation sites is 1. The van der Waals surface area contributed by atoms with Crippen molar-refractivity contribution in [2.24, 2.45) is 5.92 Å². The van der Waals surface area contributed by atoms with Gasteiger partial charge in [0.1, 0.15) is 0 Å². The Kier molecular flexibility index (Phi) is 4.69. The van der Waals surface area contributed by atoms with Crippen molar-refractivity contribution < 1.29 is 4.79 Å². The zero-order chi connectivity index (χ0) is 19.9. The van der Waals surface area contributed by atoms with Gasteiger partial charge in [-0.2, -0.15) is 5.10 Å². The second-order valence-electron chi connectivity index (χ2n) is 8.92. The molecule has 3 aromatic rings. The first-order valence-electron chi connectivity index (χ1n) is 10.1. The van der Waals surface area contributed by atoms with Crippen LogP contribution >= 0.6 is 0 Å². The van der Waals surface area contributed by atoms with E-state index in [1.807, 2.05) is 52.3 Å². The molecule has 1 aliphatic rings. The molecule has 1 saturated heterocycles. The maximum absolute atomic E-state index is 13.4. The highest BCUT2D eigenvalue weighted by Crippen LogP contribution is 2.28. The van der Waals surface area contributed by atoms with Crippen LogP contribution in [0, 0.1) is 5.92 Å². The third-order valence-electron chi connectivity index (χ3n) is 5.46. The maximum Gasteiger partial charge on any atom is 0.254 e. The number of carbonyl (C=O) groups excluding carboxylic acids is 1. The molecule has 5 heteroatoms. The molecule has 2 aromatic heterocycles. The lowest BCUT2D eigenvalue weighted by molar-refractivity contribution is 0.0685. The Balaban J connectivity index is 1.80. The highest BCUT2D eigenvalue weighted by Gasteiger charge is 2.24. The van der Waals surface area contributed by atoms with Gasteiger partial charge in [-0.3, -0.25) is 9.48 Å². The number of nitrogens with zero attached hydrogens (tertiary/aromatic N) is 4. The fourth-order valence-electron chi connectivity index (χ4n) is 3.87. The highest BCUT2D eigenvalue weighted by atomic mass is 16.2. The molecule has 0 radical (unpaired) electrons. The second kappa shape index (κ2) is 7.04. The van der Waals surface area contributed by atoms with E-state index >= 15 is 0 Å². The molecule has 5 nitrogen and oxygen atoms in total. The van der Waals surface area contributed by atoms with Gasteiger partial charge >= 0.3 is 0 Å². The fourth-order valence-corrected chi connectivity index (χ4v) is 3.87. The number of carbonyl (C=O) groups is 1. The Morgan fingerprint density at radius 2 is 2.00 bits per heavy atom. The molecule has 1 amide bonds. The third kappa shape index (κ3) is 3.53. The smallest absolute Gasteiger partial charge is 0.254 e. The van der Waals surface area contributed by atoms with E-state index in [-0.39, 0.29) is 11.4 Å².